The van der Waals surface area contributed by atoms with E-state index in [1.54, 1.807) is 18.2 Å². The van der Waals surface area contributed by atoms with Crippen LogP contribution in [0.4, 0.5) is 5.95 Å². The van der Waals surface area contributed by atoms with E-state index >= 15 is 0 Å². The van der Waals surface area contributed by atoms with E-state index < -0.39 is 10.0 Å². The highest BCUT2D eigenvalue weighted by molar-refractivity contribution is 7.92. The average molecular weight is 305 g/mol. The van der Waals surface area contributed by atoms with Crippen LogP contribution in [0.5, 0.6) is 0 Å². The summed E-state index contributed by atoms with van der Waals surface area (Å²) in [4.78, 5) is 10.8. The maximum atomic E-state index is 11.9. The molecule has 1 N–H and O–H groups in total. The molecule has 1 aromatic carbocycles. The number of hydrogen-bond acceptors (Lipinski definition) is 5. The van der Waals surface area contributed by atoms with E-state index in [2.05, 4.69) is 19.7 Å². The number of hydrogen-bond donors (Lipinski definition) is 1. The largest absolute Gasteiger partial charge is 0.264 e. The molecule has 0 amide bonds. The van der Waals surface area contributed by atoms with Gasteiger partial charge in [0.25, 0.3) is 10.0 Å². The molecule has 0 aliphatic heterocycles. The summed E-state index contributed by atoms with van der Waals surface area (Å²) >= 11 is 11.1. The van der Waals surface area contributed by atoms with Gasteiger partial charge in [0.2, 0.25) is 16.5 Å². The van der Waals surface area contributed by atoms with E-state index in [1.165, 1.54) is 12.1 Å². The summed E-state index contributed by atoms with van der Waals surface area (Å²) in [7, 11) is -3.77. The number of sulfonamides is 1. The first-order valence-electron chi connectivity index (χ1n) is 4.62. The Kier molecular flexibility index (Phi) is 3.65. The third-order valence-corrected chi connectivity index (χ3v) is 3.54. The molecule has 9 heteroatoms. The minimum Gasteiger partial charge on any atom is -0.247 e. The molecule has 2 rings (SSSR count). The summed E-state index contributed by atoms with van der Waals surface area (Å²) in [5, 5.41) is -0.387. The second-order valence-corrected chi connectivity index (χ2v) is 5.47. The van der Waals surface area contributed by atoms with Crippen molar-refractivity contribution in [3.8, 4) is 0 Å². The average Bonchev–Trinajstić information content (AvgIpc) is 2.28. The molecule has 18 heavy (non-hydrogen) atoms. The third-order valence-electron chi connectivity index (χ3n) is 1.86. The Balaban J connectivity index is 2.34. The fraction of sp³-hybridized carbons (Fsp3) is 0. The summed E-state index contributed by atoms with van der Waals surface area (Å²) in [6.45, 7) is 0. The second kappa shape index (κ2) is 5.05. The van der Waals surface area contributed by atoms with Gasteiger partial charge in [-0.3, -0.25) is 0 Å². The lowest BCUT2D eigenvalue weighted by Crippen LogP contribution is -2.15. The lowest BCUT2D eigenvalue weighted by Gasteiger charge is -2.06. The van der Waals surface area contributed by atoms with E-state index in [0.29, 0.717) is 0 Å². The van der Waals surface area contributed by atoms with Crippen molar-refractivity contribution in [3.63, 3.8) is 0 Å². The molecule has 94 valence electrons. The van der Waals surface area contributed by atoms with Crippen molar-refractivity contribution in [1.29, 1.82) is 0 Å². The van der Waals surface area contributed by atoms with E-state index in [4.69, 9.17) is 23.2 Å². The summed E-state index contributed by atoms with van der Waals surface area (Å²) in [5.74, 6) is -0.233. The maximum Gasteiger partial charge on any atom is 0.264 e. The predicted molar refractivity (Wildman–Crippen MR) is 67.1 cm³/mol. The Hall–Kier alpha value is -1.44. The molecular weight excluding hydrogens is 299 g/mol. The predicted octanol–water partition coefficient (Wildman–Crippen LogP) is 1.98. The number of aromatic nitrogens is 3. The molecule has 0 fully saturated rings. The van der Waals surface area contributed by atoms with Crippen molar-refractivity contribution in [3.05, 3.63) is 40.9 Å². The molecular formula is C9H6Cl2N4O2S. The van der Waals surface area contributed by atoms with Gasteiger partial charge in [0, 0.05) is 0 Å². The Labute approximate surface area is 113 Å². The van der Waals surface area contributed by atoms with Gasteiger partial charge in [0.1, 0.15) is 0 Å². The topological polar surface area (TPSA) is 84.8 Å². The fourth-order valence-corrected chi connectivity index (χ4v) is 2.48. The van der Waals surface area contributed by atoms with Gasteiger partial charge in [-0.2, -0.15) is 15.0 Å². The number of nitrogens with one attached hydrogen (secondary N) is 1. The summed E-state index contributed by atoms with van der Waals surface area (Å²) in [6.07, 6.45) is 0. The van der Waals surface area contributed by atoms with E-state index in [-0.39, 0.29) is 21.4 Å². The SMILES string of the molecule is O=S(=O)(Nc1nc(Cl)nc(Cl)n1)c1ccccc1. The highest BCUT2D eigenvalue weighted by atomic mass is 35.5. The highest BCUT2D eigenvalue weighted by Crippen LogP contribution is 2.15. The van der Waals surface area contributed by atoms with E-state index in [0.717, 1.165) is 0 Å². The number of rotatable bonds is 3. The second-order valence-electron chi connectivity index (χ2n) is 3.12. The number of anilines is 1. The Bertz CT molecular complexity index is 643. The molecule has 0 aliphatic carbocycles. The Morgan fingerprint density at radius 3 is 2.06 bits per heavy atom. The van der Waals surface area contributed by atoms with Crippen LogP contribution in [0.1, 0.15) is 0 Å². The van der Waals surface area contributed by atoms with Crippen LogP contribution in [0, 0.1) is 0 Å². The first-order valence-corrected chi connectivity index (χ1v) is 6.86. The van der Waals surface area contributed by atoms with Crippen molar-refractivity contribution in [2.75, 3.05) is 4.72 Å². The molecule has 2 aromatic rings. The van der Waals surface area contributed by atoms with Crippen molar-refractivity contribution in [1.82, 2.24) is 15.0 Å². The molecule has 0 aliphatic rings. The van der Waals surface area contributed by atoms with Crippen molar-refractivity contribution in [2.24, 2.45) is 0 Å². The van der Waals surface area contributed by atoms with Crippen LogP contribution < -0.4 is 4.72 Å². The van der Waals surface area contributed by atoms with Gasteiger partial charge in [0.05, 0.1) is 4.90 Å². The van der Waals surface area contributed by atoms with Gasteiger partial charge in [-0.25, -0.2) is 13.1 Å². The number of benzene rings is 1. The lowest BCUT2D eigenvalue weighted by molar-refractivity contribution is 0.601. The summed E-state index contributed by atoms with van der Waals surface area (Å²) in [5.41, 5.74) is 0. The number of nitrogens with zero attached hydrogens (tertiary/aromatic N) is 3. The summed E-state index contributed by atoms with van der Waals surface area (Å²) in [6, 6.07) is 7.78. The first-order chi connectivity index (χ1) is 8.47. The molecule has 0 atom stereocenters. The Morgan fingerprint density at radius 1 is 0.944 bits per heavy atom. The fourth-order valence-electron chi connectivity index (χ4n) is 1.15. The van der Waals surface area contributed by atoms with E-state index in [1.807, 2.05) is 0 Å². The Morgan fingerprint density at radius 2 is 1.50 bits per heavy atom. The zero-order valence-corrected chi connectivity index (χ0v) is 11.0. The minimum atomic E-state index is -3.77. The third kappa shape index (κ3) is 3.06. The molecule has 0 saturated carbocycles. The minimum absolute atomic E-state index is 0.0812. The van der Waals surface area contributed by atoms with Gasteiger partial charge in [-0.1, -0.05) is 18.2 Å². The normalized spacial score (nSPS) is 11.2. The van der Waals surface area contributed by atoms with Crippen LogP contribution >= 0.6 is 23.2 Å². The molecule has 0 unspecified atom stereocenters. The smallest absolute Gasteiger partial charge is 0.247 e. The van der Waals surface area contributed by atoms with Gasteiger partial charge in [0.15, 0.2) is 0 Å². The maximum absolute atomic E-state index is 11.9. The van der Waals surface area contributed by atoms with Gasteiger partial charge in [-0.05, 0) is 35.3 Å². The van der Waals surface area contributed by atoms with Crippen LogP contribution in [0.15, 0.2) is 35.2 Å². The molecule has 6 nitrogen and oxygen atoms in total. The van der Waals surface area contributed by atoms with Crippen LogP contribution in [0.2, 0.25) is 10.6 Å². The lowest BCUT2D eigenvalue weighted by atomic mass is 10.4. The molecule has 0 spiro atoms. The first kappa shape index (κ1) is 13.0. The number of halogens is 2. The van der Waals surface area contributed by atoms with Crippen molar-refractivity contribution >= 4 is 39.2 Å². The van der Waals surface area contributed by atoms with E-state index in [9.17, 15) is 8.42 Å². The van der Waals surface area contributed by atoms with Gasteiger partial charge >= 0.3 is 0 Å². The van der Waals surface area contributed by atoms with Gasteiger partial charge < -0.3 is 0 Å². The highest BCUT2D eigenvalue weighted by Gasteiger charge is 2.16. The van der Waals surface area contributed by atoms with Crippen LogP contribution in [-0.2, 0) is 10.0 Å². The molecule has 0 saturated heterocycles. The molecule has 1 aromatic heterocycles. The van der Waals surface area contributed by atoms with Crippen LogP contribution in [-0.4, -0.2) is 23.4 Å². The molecule has 1 heterocycles. The van der Waals surface area contributed by atoms with Crippen molar-refractivity contribution < 1.29 is 8.42 Å². The van der Waals surface area contributed by atoms with Gasteiger partial charge in [-0.15, -0.1) is 0 Å². The van der Waals surface area contributed by atoms with Crippen molar-refractivity contribution in [2.45, 2.75) is 4.90 Å². The molecule has 0 bridgehead atoms. The summed E-state index contributed by atoms with van der Waals surface area (Å²) < 4.78 is 26.0. The standard InChI is InChI=1S/C9H6Cl2N4O2S/c10-7-12-8(11)14-9(13-7)15-18(16,17)6-4-2-1-3-5-6/h1-5H,(H,12,13,14,15). The zero-order valence-electron chi connectivity index (χ0n) is 8.71. The van der Waals surface area contributed by atoms with Crippen LogP contribution in [0.3, 0.4) is 0 Å². The molecule has 0 radical (unpaired) electrons. The zero-order chi connectivity index (χ0) is 13.2. The van der Waals surface area contributed by atoms with Crippen LogP contribution in [0.25, 0.3) is 0 Å². The monoisotopic (exact) mass is 304 g/mol. The quantitative estimate of drug-likeness (QED) is 0.937.